The maximum Gasteiger partial charge on any atom is 0.416 e. The van der Waals surface area contributed by atoms with Crippen LogP contribution in [0, 0.1) is 0 Å². The van der Waals surface area contributed by atoms with Crippen LogP contribution in [0.15, 0.2) is 97.3 Å². The van der Waals surface area contributed by atoms with E-state index in [1.807, 2.05) is 18.3 Å². The molecule has 0 saturated heterocycles. The summed E-state index contributed by atoms with van der Waals surface area (Å²) in [6, 6.07) is 26.0. The van der Waals surface area contributed by atoms with E-state index in [0.717, 1.165) is 39.7 Å². The number of pyridine rings is 2. The van der Waals surface area contributed by atoms with Gasteiger partial charge in [0.1, 0.15) is 0 Å². The Labute approximate surface area is 209 Å². The third kappa shape index (κ3) is 4.95. The molecule has 0 saturated carbocycles. The lowest BCUT2D eigenvalue weighted by molar-refractivity contribution is -0.137. The highest BCUT2D eigenvalue weighted by molar-refractivity contribution is 6.88. The number of alkyl halides is 3. The molecule has 0 fully saturated rings. The van der Waals surface area contributed by atoms with Crippen LogP contribution in [0.2, 0.25) is 19.6 Å². The molecule has 0 bridgehead atoms. The Kier molecular flexibility index (Phi) is 6.00. The number of hydrogen-bond acceptors (Lipinski definition) is 2. The molecule has 0 N–H and O–H groups in total. The molecule has 0 aliphatic carbocycles. The number of nitrogens with zero attached hydrogens (tertiary/aromatic N) is 2. The normalized spacial score (nSPS) is 12.2. The summed E-state index contributed by atoms with van der Waals surface area (Å²) in [4.78, 5) is 9.16. The Morgan fingerprint density at radius 1 is 0.583 bits per heavy atom. The second kappa shape index (κ2) is 9.02. The lowest BCUT2D eigenvalue weighted by atomic mass is 10.0. The Balaban J connectivity index is 1.38. The first kappa shape index (κ1) is 23.9. The number of rotatable bonds is 4. The van der Waals surface area contributed by atoms with Gasteiger partial charge in [0, 0.05) is 34.5 Å². The molecule has 6 heteroatoms. The summed E-state index contributed by atoms with van der Waals surface area (Å²) in [6.45, 7) is 7.03. The van der Waals surface area contributed by atoms with Crippen LogP contribution >= 0.6 is 0 Å². The van der Waals surface area contributed by atoms with Crippen LogP contribution in [0.5, 0.6) is 0 Å². The number of benzene rings is 3. The molecule has 0 aliphatic rings. The van der Waals surface area contributed by atoms with E-state index < -0.39 is 19.8 Å². The van der Waals surface area contributed by atoms with Crippen molar-refractivity contribution in [2.45, 2.75) is 25.8 Å². The Morgan fingerprint density at radius 2 is 1.19 bits per heavy atom. The third-order valence-corrected chi connectivity index (χ3v) is 8.44. The molecule has 5 aromatic rings. The van der Waals surface area contributed by atoms with Gasteiger partial charge in [-0.25, -0.2) is 0 Å². The molecule has 36 heavy (non-hydrogen) atoms. The van der Waals surface area contributed by atoms with Crippen molar-refractivity contribution in [2.24, 2.45) is 0 Å². The first-order valence-electron chi connectivity index (χ1n) is 11.7. The second-order valence-electron chi connectivity index (χ2n) is 9.97. The fourth-order valence-corrected chi connectivity index (χ4v) is 5.35. The summed E-state index contributed by atoms with van der Waals surface area (Å²) in [7, 11) is -1.33. The summed E-state index contributed by atoms with van der Waals surface area (Å²) in [5.41, 5.74) is 5.63. The molecule has 0 unspecified atom stereocenters. The van der Waals surface area contributed by atoms with Crippen LogP contribution in [0.3, 0.4) is 0 Å². The maximum atomic E-state index is 12.8. The molecule has 0 radical (unpaired) electrons. The second-order valence-corrected chi connectivity index (χ2v) is 15.0. The summed E-state index contributed by atoms with van der Waals surface area (Å²) in [5, 5.41) is 2.47. The van der Waals surface area contributed by atoms with Crippen LogP contribution in [0.1, 0.15) is 5.56 Å². The fourth-order valence-electron chi connectivity index (χ4n) is 4.19. The SMILES string of the molecule is C[Si](C)(C)c1ccc(-c2ccc3cc(-c4ccc(-c5ccc(C(F)(F)F)cc5)nc4)cnc3c2)cc1. The minimum Gasteiger partial charge on any atom is -0.256 e. The van der Waals surface area contributed by atoms with Gasteiger partial charge in [-0.2, -0.15) is 13.2 Å². The molecule has 3 aromatic carbocycles. The van der Waals surface area contributed by atoms with Gasteiger partial charge in [0.05, 0.1) is 24.8 Å². The van der Waals surface area contributed by atoms with E-state index in [-0.39, 0.29) is 0 Å². The standard InChI is InChI=1S/C30H25F3N2Si/c1-36(2,3)27-13-8-20(9-14-27)22-4-5-23-16-25(19-35-29(23)17-22)24-10-15-28(34-18-24)21-6-11-26(12-7-21)30(31,32)33/h4-19H,1-3H3. The molecule has 0 amide bonds. The van der Waals surface area contributed by atoms with E-state index in [2.05, 4.69) is 78.1 Å². The van der Waals surface area contributed by atoms with E-state index in [1.165, 1.54) is 22.9 Å². The van der Waals surface area contributed by atoms with Gasteiger partial charge >= 0.3 is 6.18 Å². The smallest absolute Gasteiger partial charge is 0.256 e. The molecule has 5 rings (SSSR count). The van der Waals surface area contributed by atoms with Crippen molar-refractivity contribution in [1.82, 2.24) is 9.97 Å². The first-order chi connectivity index (χ1) is 17.1. The molecule has 0 atom stereocenters. The monoisotopic (exact) mass is 498 g/mol. The van der Waals surface area contributed by atoms with E-state index in [0.29, 0.717) is 11.3 Å². The van der Waals surface area contributed by atoms with Gasteiger partial charge in [0.25, 0.3) is 0 Å². The van der Waals surface area contributed by atoms with Gasteiger partial charge in [-0.3, -0.25) is 9.97 Å². The van der Waals surface area contributed by atoms with Crippen LogP contribution in [-0.4, -0.2) is 18.0 Å². The van der Waals surface area contributed by atoms with Crippen molar-refractivity contribution in [1.29, 1.82) is 0 Å². The lowest BCUT2D eigenvalue weighted by Crippen LogP contribution is -2.37. The number of aromatic nitrogens is 2. The van der Waals surface area contributed by atoms with Gasteiger partial charge < -0.3 is 0 Å². The van der Waals surface area contributed by atoms with Gasteiger partial charge in [0.15, 0.2) is 0 Å². The van der Waals surface area contributed by atoms with Crippen LogP contribution in [0.4, 0.5) is 13.2 Å². The van der Waals surface area contributed by atoms with E-state index in [1.54, 1.807) is 6.20 Å². The summed E-state index contributed by atoms with van der Waals surface area (Å²) >= 11 is 0. The molecule has 2 aromatic heterocycles. The van der Waals surface area contributed by atoms with Crippen molar-refractivity contribution in [3.05, 3.63) is 103 Å². The molecule has 180 valence electrons. The Morgan fingerprint density at radius 3 is 1.81 bits per heavy atom. The highest BCUT2D eigenvalue weighted by Crippen LogP contribution is 2.31. The first-order valence-corrected chi connectivity index (χ1v) is 15.2. The number of hydrogen-bond donors (Lipinski definition) is 0. The zero-order chi connectivity index (χ0) is 25.5. The van der Waals surface area contributed by atoms with E-state index in [4.69, 9.17) is 0 Å². The van der Waals surface area contributed by atoms with Gasteiger partial charge in [-0.05, 0) is 41.5 Å². The van der Waals surface area contributed by atoms with Crippen LogP contribution in [0.25, 0.3) is 44.4 Å². The summed E-state index contributed by atoms with van der Waals surface area (Å²) in [6.07, 6.45) is -0.794. The molecular weight excluding hydrogens is 473 g/mol. The quantitative estimate of drug-likeness (QED) is 0.233. The van der Waals surface area contributed by atoms with Crippen molar-refractivity contribution in [3.63, 3.8) is 0 Å². The lowest BCUT2D eigenvalue weighted by Gasteiger charge is -2.16. The van der Waals surface area contributed by atoms with Gasteiger partial charge in [0.2, 0.25) is 0 Å². The molecular formula is C30H25F3N2Si. The van der Waals surface area contributed by atoms with Crippen molar-refractivity contribution >= 4 is 24.2 Å². The molecule has 2 heterocycles. The Hall–Kier alpha value is -3.77. The molecule has 2 nitrogen and oxygen atoms in total. The minimum absolute atomic E-state index is 0.617. The zero-order valence-electron chi connectivity index (χ0n) is 20.3. The minimum atomic E-state index is -4.35. The van der Waals surface area contributed by atoms with Crippen LogP contribution < -0.4 is 5.19 Å². The van der Waals surface area contributed by atoms with Crippen LogP contribution in [-0.2, 0) is 6.18 Å². The van der Waals surface area contributed by atoms with Gasteiger partial charge in [-0.1, -0.05) is 79.4 Å². The van der Waals surface area contributed by atoms with Crippen molar-refractivity contribution < 1.29 is 13.2 Å². The zero-order valence-corrected chi connectivity index (χ0v) is 21.3. The highest BCUT2D eigenvalue weighted by atomic mass is 28.3. The molecule has 0 aliphatic heterocycles. The number of fused-ring (bicyclic) bond motifs is 1. The third-order valence-electron chi connectivity index (χ3n) is 6.37. The largest absolute Gasteiger partial charge is 0.416 e. The van der Waals surface area contributed by atoms with Gasteiger partial charge in [-0.15, -0.1) is 0 Å². The number of halogens is 3. The molecule has 0 spiro atoms. The van der Waals surface area contributed by atoms with Crippen molar-refractivity contribution in [3.8, 4) is 33.5 Å². The topological polar surface area (TPSA) is 25.8 Å². The predicted molar refractivity (Wildman–Crippen MR) is 144 cm³/mol. The van der Waals surface area contributed by atoms with E-state index >= 15 is 0 Å². The maximum absolute atomic E-state index is 12.8. The summed E-state index contributed by atoms with van der Waals surface area (Å²) < 4.78 is 38.4. The highest BCUT2D eigenvalue weighted by Gasteiger charge is 2.30. The average Bonchev–Trinajstić information content (AvgIpc) is 2.87. The van der Waals surface area contributed by atoms with E-state index in [9.17, 15) is 13.2 Å². The average molecular weight is 499 g/mol. The predicted octanol–water partition coefficient (Wildman–Crippen LogP) is 8.19. The fraction of sp³-hybridized carbons (Fsp3) is 0.133. The van der Waals surface area contributed by atoms with Crippen molar-refractivity contribution in [2.75, 3.05) is 0 Å². The summed E-state index contributed by atoms with van der Waals surface area (Å²) in [5.74, 6) is 0. The Bertz CT molecular complexity index is 1520.